The van der Waals surface area contributed by atoms with Crippen molar-refractivity contribution >= 4 is 22.7 Å². The molecule has 112 valence electrons. The van der Waals surface area contributed by atoms with Crippen molar-refractivity contribution in [1.82, 2.24) is 9.55 Å². The summed E-state index contributed by atoms with van der Waals surface area (Å²) in [6.45, 7) is 4.12. The van der Waals surface area contributed by atoms with Crippen LogP contribution in [0.2, 0.25) is 0 Å². The molecule has 1 aliphatic rings. The molecule has 0 amide bonds. The van der Waals surface area contributed by atoms with Gasteiger partial charge < -0.3 is 0 Å². The summed E-state index contributed by atoms with van der Waals surface area (Å²) in [6, 6.07) is 7.80. The van der Waals surface area contributed by atoms with Gasteiger partial charge in [0.25, 0.3) is 5.56 Å². The summed E-state index contributed by atoms with van der Waals surface area (Å²) in [5, 5.41) is 2.22. The second-order valence-electron chi connectivity index (χ2n) is 6.06. The third-order valence-electron chi connectivity index (χ3n) is 4.12. The third kappa shape index (κ3) is 3.00. The number of benzene rings is 1. The predicted molar refractivity (Wildman–Crippen MR) is 89.1 cm³/mol. The number of hydrogen-bond donors (Lipinski definition) is 0. The highest BCUT2D eigenvalue weighted by Gasteiger charge is 2.20. The van der Waals surface area contributed by atoms with Crippen molar-refractivity contribution in [2.24, 2.45) is 0 Å². The quantitative estimate of drug-likeness (QED) is 0.788. The zero-order valence-corrected chi connectivity index (χ0v) is 13.5. The molecule has 1 fully saturated rings. The number of para-hydroxylation sites is 1. The van der Waals surface area contributed by atoms with Crippen LogP contribution in [-0.4, -0.2) is 14.8 Å². The van der Waals surface area contributed by atoms with Gasteiger partial charge in [0.1, 0.15) is 0 Å². The highest BCUT2D eigenvalue weighted by Crippen LogP contribution is 2.33. The van der Waals surface area contributed by atoms with Crippen LogP contribution in [0.1, 0.15) is 52.0 Å². The minimum Gasteiger partial charge on any atom is -0.285 e. The fraction of sp³-hybridized carbons (Fsp3) is 0.529. The SMILES string of the molecule is CC(C)n1c(SC2CCCCC2)nc2ccccc2c1=O. The zero-order chi connectivity index (χ0) is 14.8. The second kappa shape index (κ2) is 6.22. The molecule has 4 heteroatoms. The molecule has 1 saturated carbocycles. The van der Waals surface area contributed by atoms with Crippen molar-refractivity contribution in [3.8, 4) is 0 Å². The standard InChI is InChI=1S/C17H22N2OS/c1-12(2)19-16(20)14-10-6-7-11-15(14)18-17(19)21-13-8-4-3-5-9-13/h6-7,10-13H,3-5,8-9H2,1-2H3. The fourth-order valence-electron chi connectivity index (χ4n) is 3.00. The molecule has 1 aliphatic carbocycles. The van der Waals surface area contributed by atoms with Gasteiger partial charge in [0.05, 0.1) is 10.9 Å². The van der Waals surface area contributed by atoms with Crippen molar-refractivity contribution in [3.05, 3.63) is 34.6 Å². The highest BCUT2D eigenvalue weighted by atomic mass is 32.2. The molecule has 21 heavy (non-hydrogen) atoms. The molecule has 1 heterocycles. The van der Waals surface area contributed by atoms with Gasteiger partial charge in [0.2, 0.25) is 0 Å². The molecule has 1 aromatic heterocycles. The van der Waals surface area contributed by atoms with E-state index >= 15 is 0 Å². The molecule has 0 aliphatic heterocycles. The number of aromatic nitrogens is 2. The van der Waals surface area contributed by atoms with Crippen LogP contribution in [0.15, 0.2) is 34.2 Å². The van der Waals surface area contributed by atoms with E-state index in [1.165, 1.54) is 32.1 Å². The zero-order valence-electron chi connectivity index (χ0n) is 12.7. The van der Waals surface area contributed by atoms with Gasteiger partial charge >= 0.3 is 0 Å². The van der Waals surface area contributed by atoms with Crippen LogP contribution in [0.3, 0.4) is 0 Å². The van der Waals surface area contributed by atoms with E-state index in [1.54, 1.807) is 11.8 Å². The van der Waals surface area contributed by atoms with Gasteiger partial charge in [-0.1, -0.05) is 43.2 Å². The Morgan fingerprint density at radius 1 is 1.19 bits per heavy atom. The minimum atomic E-state index is 0.0916. The van der Waals surface area contributed by atoms with E-state index in [0.717, 1.165) is 16.1 Å². The molecular formula is C17H22N2OS. The van der Waals surface area contributed by atoms with Gasteiger partial charge in [-0.15, -0.1) is 0 Å². The average Bonchev–Trinajstić information content (AvgIpc) is 2.48. The molecule has 2 aromatic rings. The molecule has 3 rings (SSSR count). The van der Waals surface area contributed by atoms with Gasteiger partial charge in [-0.05, 0) is 38.8 Å². The molecule has 0 saturated heterocycles. The summed E-state index contributed by atoms with van der Waals surface area (Å²) in [7, 11) is 0. The van der Waals surface area contributed by atoms with Crippen molar-refractivity contribution in [1.29, 1.82) is 0 Å². The maximum absolute atomic E-state index is 12.7. The van der Waals surface area contributed by atoms with E-state index < -0.39 is 0 Å². The third-order valence-corrected chi connectivity index (χ3v) is 5.42. The summed E-state index contributed by atoms with van der Waals surface area (Å²) in [4.78, 5) is 17.5. The maximum Gasteiger partial charge on any atom is 0.262 e. The van der Waals surface area contributed by atoms with E-state index in [-0.39, 0.29) is 11.6 Å². The molecule has 0 unspecified atom stereocenters. The smallest absolute Gasteiger partial charge is 0.262 e. The first-order valence-electron chi connectivity index (χ1n) is 7.85. The Kier molecular flexibility index (Phi) is 4.34. The van der Waals surface area contributed by atoms with Crippen molar-refractivity contribution in [2.45, 2.75) is 62.4 Å². The summed E-state index contributed by atoms with van der Waals surface area (Å²) in [5.41, 5.74) is 0.909. The molecule has 0 bridgehead atoms. The van der Waals surface area contributed by atoms with Crippen LogP contribution in [0.25, 0.3) is 10.9 Å². The Balaban J connectivity index is 2.06. The molecule has 0 radical (unpaired) electrons. The summed E-state index contributed by atoms with van der Waals surface area (Å²) >= 11 is 1.80. The monoisotopic (exact) mass is 302 g/mol. The Hall–Kier alpha value is -1.29. The van der Waals surface area contributed by atoms with Gasteiger partial charge in [-0.25, -0.2) is 4.98 Å². The predicted octanol–water partition coefficient (Wildman–Crippen LogP) is 4.40. The second-order valence-corrected chi connectivity index (χ2v) is 7.33. The lowest BCUT2D eigenvalue weighted by Crippen LogP contribution is -2.26. The molecule has 0 N–H and O–H groups in total. The molecule has 3 nitrogen and oxygen atoms in total. The van der Waals surface area contributed by atoms with Gasteiger partial charge in [0.15, 0.2) is 5.16 Å². The van der Waals surface area contributed by atoms with Crippen LogP contribution >= 0.6 is 11.8 Å². The van der Waals surface area contributed by atoms with Crippen LogP contribution < -0.4 is 5.56 Å². The molecule has 0 spiro atoms. The van der Waals surface area contributed by atoms with Crippen LogP contribution in [-0.2, 0) is 0 Å². The number of thioether (sulfide) groups is 1. The minimum absolute atomic E-state index is 0.0916. The Morgan fingerprint density at radius 2 is 1.90 bits per heavy atom. The Morgan fingerprint density at radius 3 is 2.62 bits per heavy atom. The number of rotatable bonds is 3. The van der Waals surface area contributed by atoms with Crippen LogP contribution in [0.4, 0.5) is 0 Å². The summed E-state index contributed by atoms with van der Waals surface area (Å²) in [6.07, 6.45) is 6.43. The van der Waals surface area contributed by atoms with Gasteiger partial charge in [-0.3, -0.25) is 9.36 Å². The number of fused-ring (bicyclic) bond motifs is 1. The van der Waals surface area contributed by atoms with Crippen LogP contribution in [0.5, 0.6) is 0 Å². The highest BCUT2D eigenvalue weighted by molar-refractivity contribution is 7.99. The van der Waals surface area contributed by atoms with Crippen molar-refractivity contribution in [2.75, 3.05) is 0 Å². The van der Waals surface area contributed by atoms with Crippen LogP contribution in [0, 0.1) is 0 Å². The lowest BCUT2D eigenvalue weighted by molar-refractivity contribution is 0.501. The first-order valence-corrected chi connectivity index (χ1v) is 8.72. The largest absolute Gasteiger partial charge is 0.285 e. The first-order chi connectivity index (χ1) is 10.2. The van der Waals surface area contributed by atoms with Gasteiger partial charge in [0, 0.05) is 11.3 Å². The fourth-order valence-corrected chi connectivity index (χ4v) is 4.42. The first kappa shape index (κ1) is 14.6. The Bertz CT molecular complexity index is 687. The summed E-state index contributed by atoms with van der Waals surface area (Å²) in [5.74, 6) is 0. The van der Waals surface area contributed by atoms with E-state index in [1.807, 2.05) is 28.8 Å². The molecule has 1 aromatic carbocycles. The molecule has 0 atom stereocenters. The van der Waals surface area contributed by atoms with Crippen molar-refractivity contribution < 1.29 is 0 Å². The summed E-state index contributed by atoms with van der Waals surface area (Å²) < 4.78 is 1.86. The number of hydrogen-bond acceptors (Lipinski definition) is 3. The lowest BCUT2D eigenvalue weighted by Gasteiger charge is -2.23. The molecular weight excluding hydrogens is 280 g/mol. The van der Waals surface area contributed by atoms with E-state index in [4.69, 9.17) is 4.98 Å². The normalized spacial score (nSPS) is 16.7. The Labute approximate surface area is 129 Å². The van der Waals surface area contributed by atoms with E-state index in [2.05, 4.69) is 13.8 Å². The lowest BCUT2D eigenvalue weighted by atomic mass is 10.0. The van der Waals surface area contributed by atoms with E-state index in [9.17, 15) is 4.79 Å². The average molecular weight is 302 g/mol. The van der Waals surface area contributed by atoms with Crippen molar-refractivity contribution in [3.63, 3.8) is 0 Å². The van der Waals surface area contributed by atoms with E-state index in [0.29, 0.717) is 5.25 Å². The topological polar surface area (TPSA) is 34.9 Å². The number of nitrogens with zero attached hydrogens (tertiary/aromatic N) is 2. The maximum atomic E-state index is 12.7. The van der Waals surface area contributed by atoms with Gasteiger partial charge in [-0.2, -0.15) is 0 Å².